The number of carbonyl (C=O) groups is 1. The largest absolute Gasteiger partial charge is 0.360 e. The first-order valence-corrected chi connectivity index (χ1v) is 8.44. The molecule has 2 N–H and O–H groups in total. The van der Waals surface area contributed by atoms with E-state index in [1.165, 1.54) is 24.3 Å². The lowest BCUT2D eigenvalue weighted by molar-refractivity contribution is -0.116. The molecular formula is C14H16FN3O4S. The van der Waals surface area contributed by atoms with Gasteiger partial charge in [-0.15, -0.1) is 0 Å². The van der Waals surface area contributed by atoms with E-state index in [0.29, 0.717) is 11.3 Å². The van der Waals surface area contributed by atoms with E-state index < -0.39 is 15.8 Å². The van der Waals surface area contributed by atoms with Gasteiger partial charge < -0.3 is 9.84 Å². The Morgan fingerprint density at radius 2 is 2.00 bits per heavy atom. The topological polar surface area (TPSA) is 101 Å². The van der Waals surface area contributed by atoms with Gasteiger partial charge >= 0.3 is 0 Å². The second-order valence-corrected chi connectivity index (χ2v) is 6.71. The van der Waals surface area contributed by atoms with Crippen LogP contribution in [0.3, 0.4) is 0 Å². The number of hydrogen-bond acceptors (Lipinski definition) is 5. The molecule has 0 spiro atoms. The smallest absolute Gasteiger partial charge is 0.226 e. The Labute approximate surface area is 132 Å². The van der Waals surface area contributed by atoms with E-state index in [2.05, 4.69) is 15.2 Å². The number of amides is 1. The summed E-state index contributed by atoms with van der Waals surface area (Å²) in [5.41, 5.74) is 0.460. The van der Waals surface area contributed by atoms with Crippen LogP contribution >= 0.6 is 0 Å². The molecule has 0 aliphatic carbocycles. The van der Waals surface area contributed by atoms with Crippen molar-refractivity contribution in [2.24, 2.45) is 0 Å². The summed E-state index contributed by atoms with van der Waals surface area (Å²) >= 11 is 0. The molecule has 0 bridgehead atoms. The second kappa shape index (κ2) is 7.34. The zero-order valence-electron chi connectivity index (χ0n) is 12.4. The monoisotopic (exact) mass is 341 g/mol. The van der Waals surface area contributed by atoms with Crippen LogP contribution in [0.4, 0.5) is 10.2 Å². The number of anilines is 1. The summed E-state index contributed by atoms with van der Waals surface area (Å²) in [7, 11) is -3.60. The summed E-state index contributed by atoms with van der Waals surface area (Å²) in [4.78, 5) is 11.6. The van der Waals surface area contributed by atoms with E-state index in [0.717, 1.165) is 0 Å². The van der Waals surface area contributed by atoms with Crippen LogP contribution in [0.1, 0.15) is 17.7 Å². The van der Waals surface area contributed by atoms with Crippen LogP contribution in [0.25, 0.3) is 0 Å². The number of benzene rings is 1. The molecule has 1 aromatic heterocycles. The molecule has 23 heavy (non-hydrogen) atoms. The van der Waals surface area contributed by atoms with Crippen molar-refractivity contribution in [3.63, 3.8) is 0 Å². The Balaban J connectivity index is 1.77. The normalized spacial score (nSPS) is 11.4. The van der Waals surface area contributed by atoms with Crippen LogP contribution < -0.4 is 10.0 Å². The van der Waals surface area contributed by atoms with Crippen LogP contribution in [0.15, 0.2) is 34.9 Å². The summed E-state index contributed by atoms with van der Waals surface area (Å²) < 4.78 is 43.6. The van der Waals surface area contributed by atoms with E-state index in [1.54, 1.807) is 13.0 Å². The molecule has 1 aromatic carbocycles. The Hall–Kier alpha value is -2.26. The number of rotatable bonds is 7. The van der Waals surface area contributed by atoms with Crippen molar-refractivity contribution in [1.82, 2.24) is 9.88 Å². The highest BCUT2D eigenvalue weighted by Gasteiger charge is 2.13. The van der Waals surface area contributed by atoms with Crippen molar-refractivity contribution in [3.05, 3.63) is 47.5 Å². The minimum atomic E-state index is -3.60. The third-order valence-corrected chi connectivity index (χ3v) is 4.20. The first kappa shape index (κ1) is 17.1. The third kappa shape index (κ3) is 5.80. The molecule has 2 rings (SSSR count). The lowest BCUT2D eigenvalue weighted by Crippen LogP contribution is -2.28. The maximum Gasteiger partial charge on any atom is 0.226 e. The predicted octanol–water partition coefficient (Wildman–Crippen LogP) is 1.57. The van der Waals surface area contributed by atoms with Gasteiger partial charge in [-0.3, -0.25) is 4.79 Å². The number of nitrogens with one attached hydrogen (secondary N) is 2. The van der Waals surface area contributed by atoms with E-state index >= 15 is 0 Å². The molecule has 0 saturated heterocycles. The first-order valence-electron chi connectivity index (χ1n) is 6.79. The number of halogens is 1. The Morgan fingerprint density at radius 3 is 2.61 bits per heavy atom. The van der Waals surface area contributed by atoms with Crippen LogP contribution in [0.5, 0.6) is 0 Å². The summed E-state index contributed by atoms with van der Waals surface area (Å²) in [5.74, 6) is -0.263. The van der Waals surface area contributed by atoms with Gasteiger partial charge in [-0.2, -0.15) is 0 Å². The molecule has 2 aromatic rings. The van der Waals surface area contributed by atoms with Crippen molar-refractivity contribution in [1.29, 1.82) is 0 Å². The van der Waals surface area contributed by atoms with Crippen molar-refractivity contribution >= 4 is 21.7 Å². The van der Waals surface area contributed by atoms with E-state index in [1.807, 2.05) is 0 Å². The zero-order valence-corrected chi connectivity index (χ0v) is 13.2. The third-order valence-electron chi connectivity index (χ3n) is 2.84. The quantitative estimate of drug-likeness (QED) is 0.796. The molecule has 124 valence electrons. The summed E-state index contributed by atoms with van der Waals surface area (Å²) in [6.07, 6.45) is -0.0471. The van der Waals surface area contributed by atoms with Crippen LogP contribution in [-0.2, 0) is 20.6 Å². The number of aryl methyl sites for hydroxylation is 1. The molecule has 0 atom stereocenters. The summed E-state index contributed by atoms with van der Waals surface area (Å²) in [5, 5.41) is 6.08. The average molecular weight is 341 g/mol. The van der Waals surface area contributed by atoms with E-state index in [9.17, 15) is 17.6 Å². The number of nitrogens with zero attached hydrogens (tertiary/aromatic N) is 1. The fourth-order valence-electron chi connectivity index (χ4n) is 1.80. The lowest BCUT2D eigenvalue weighted by Gasteiger charge is -2.06. The second-order valence-electron chi connectivity index (χ2n) is 4.90. The predicted molar refractivity (Wildman–Crippen MR) is 81.5 cm³/mol. The first-order chi connectivity index (χ1) is 10.8. The molecule has 0 aliphatic heterocycles. The molecule has 0 radical (unpaired) electrons. The van der Waals surface area contributed by atoms with E-state index in [-0.39, 0.29) is 30.4 Å². The SMILES string of the molecule is Cc1cc(NC(=O)CCNS(=O)(=O)Cc2ccc(F)cc2)no1. The highest BCUT2D eigenvalue weighted by molar-refractivity contribution is 7.88. The number of carbonyl (C=O) groups excluding carboxylic acids is 1. The standard InChI is InChI=1S/C14H16FN3O4S/c1-10-8-13(18-22-10)17-14(19)6-7-16-23(20,21)9-11-2-4-12(15)5-3-11/h2-5,8,16H,6-7,9H2,1H3,(H,17,18,19). The summed E-state index contributed by atoms with van der Waals surface area (Å²) in [6, 6.07) is 6.73. The highest BCUT2D eigenvalue weighted by Crippen LogP contribution is 2.08. The van der Waals surface area contributed by atoms with Gasteiger partial charge in [0.15, 0.2) is 5.82 Å². The minimum Gasteiger partial charge on any atom is -0.360 e. The van der Waals surface area contributed by atoms with Crippen LogP contribution in [0, 0.1) is 12.7 Å². The van der Waals surface area contributed by atoms with Gasteiger partial charge in [0, 0.05) is 19.0 Å². The van der Waals surface area contributed by atoms with Gasteiger partial charge in [0.25, 0.3) is 0 Å². The molecule has 0 aliphatic rings. The van der Waals surface area contributed by atoms with Gasteiger partial charge in [-0.25, -0.2) is 17.5 Å². The van der Waals surface area contributed by atoms with Gasteiger partial charge in [-0.05, 0) is 24.6 Å². The average Bonchev–Trinajstić information content (AvgIpc) is 2.86. The molecule has 1 amide bonds. The van der Waals surface area contributed by atoms with Crippen molar-refractivity contribution in [3.8, 4) is 0 Å². The number of sulfonamides is 1. The molecule has 7 nitrogen and oxygen atoms in total. The van der Waals surface area contributed by atoms with Crippen molar-refractivity contribution in [2.75, 3.05) is 11.9 Å². The summed E-state index contributed by atoms with van der Waals surface area (Å²) in [6.45, 7) is 1.64. The zero-order chi connectivity index (χ0) is 16.9. The number of aromatic nitrogens is 1. The van der Waals surface area contributed by atoms with Crippen molar-refractivity contribution < 1.29 is 22.1 Å². The highest BCUT2D eigenvalue weighted by atomic mass is 32.2. The lowest BCUT2D eigenvalue weighted by atomic mass is 10.2. The Morgan fingerprint density at radius 1 is 1.30 bits per heavy atom. The molecular weight excluding hydrogens is 325 g/mol. The fraction of sp³-hybridized carbons (Fsp3) is 0.286. The number of hydrogen-bond donors (Lipinski definition) is 2. The maximum atomic E-state index is 12.8. The van der Waals surface area contributed by atoms with E-state index in [4.69, 9.17) is 4.52 Å². The van der Waals surface area contributed by atoms with Crippen molar-refractivity contribution in [2.45, 2.75) is 19.1 Å². The molecule has 9 heteroatoms. The van der Waals surface area contributed by atoms with Crippen LogP contribution in [-0.4, -0.2) is 26.0 Å². The van der Waals surface area contributed by atoms with Gasteiger partial charge in [-0.1, -0.05) is 17.3 Å². The molecule has 0 saturated carbocycles. The minimum absolute atomic E-state index is 0.0471. The van der Waals surface area contributed by atoms with Gasteiger partial charge in [0.05, 0.1) is 5.75 Å². The fourth-order valence-corrected chi connectivity index (χ4v) is 2.95. The maximum absolute atomic E-state index is 12.8. The molecule has 1 heterocycles. The van der Waals surface area contributed by atoms with Crippen LogP contribution in [0.2, 0.25) is 0 Å². The Kier molecular flexibility index (Phi) is 5.45. The molecule has 0 fully saturated rings. The Bertz CT molecular complexity index is 772. The molecule has 0 unspecified atom stereocenters. The van der Waals surface area contributed by atoms with Gasteiger partial charge in [0.2, 0.25) is 15.9 Å². The van der Waals surface area contributed by atoms with Gasteiger partial charge in [0.1, 0.15) is 11.6 Å².